The Kier molecular flexibility index (Phi) is 5.55. The van der Waals surface area contributed by atoms with Crippen molar-refractivity contribution in [1.82, 2.24) is 24.6 Å². The van der Waals surface area contributed by atoms with E-state index in [4.69, 9.17) is 19.4 Å². The fraction of sp³-hybridized carbons (Fsp3) is 0.423. The summed E-state index contributed by atoms with van der Waals surface area (Å²) in [5.41, 5.74) is 3.87. The Morgan fingerprint density at radius 1 is 1.00 bits per heavy atom. The van der Waals surface area contributed by atoms with Gasteiger partial charge in [0.1, 0.15) is 5.75 Å². The van der Waals surface area contributed by atoms with Crippen LogP contribution in [-0.4, -0.2) is 70.8 Å². The van der Waals surface area contributed by atoms with Crippen molar-refractivity contribution in [2.45, 2.75) is 25.3 Å². The first kappa shape index (κ1) is 21.3. The molecule has 0 radical (unpaired) electrons. The van der Waals surface area contributed by atoms with E-state index in [2.05, 4.69) is 33.1 Å². The molecular weight excluding hydrogens is 428 g/mol. The second kappa shape index (κ2) is 8.85. The van der Waals surface area contributed by atoms with Gasteiger partial charge in [-0.3, -0.25) is 4.68 Å². The zero-order chi connectivity index (χ0) is 23.1. The van der Waals surface area contributed by atoms with Crippen LogP contribution < -0.4 is 9.64 Å². The highest BCUT2D eigenvalue weighted by Gasteiger charge is 2.28. The van der Waals surface area contributed by atoms with Crippen LogP contribution in [0.25, 0.3) is 33.2 Å². The molecule has 4 aromatic rings. The Hall–Kier alpha value is -3.23. The van der Waals surface area contributed by atoms with E-state index in [1.807, 2.05) is 31.6 Å². The van der Waals surface area contributed by atoms with Crippen LogP contribution in [0.5, 0.6) is 5.75 Å². The summed E-state index contributed by atoms with van der Waals surface area (Å²) < 4.78 is 12.8. The van der Waals surface area contributed by atoms with Crippen LogP contribution in [-0.2, 0) is 11.8 Å². The molecule has 8 nitrogen and oxygen atoms in total. The highest BCUT2D eigenvalue weighted by Crippen LogP contribution is 2.33. The van der Waals surface area contributed by atoms with Crippen LogP contribution in [0.2, 0.25) is 0 Å². The maximum atomic E-state index is 5.84. The van der Waals surface area contributed by atoms with Gasteiger partial charge in [-0.15, -0.1) is 0 Å². The minimum atomic E-state index is 0.150. The van der Waals surface area contributed by atoms with Gasteiger partial charge in [0.15, 0.2) is 12.6 Å². The molecule has 0 amide bonds. The van der Waals surface area contributed by atoms with Crippen LogP contribution in [0.1, 0.15) is 19.3 Å². The summed E-state index contributed by atoms with van der Waals surface area (Å²) in [4.78, 5) is 14.7. The maximum absolute atomic E-state index is 5.84. The van der Waals surface area contributed by atoms with Crippen molar-refractivity contribution in [1.29, 1.82) is 0 Å². The number of anilines is 1. The van der Waals surface area contributed by atoms with Gasteiger partial charge in [-0.25, -0.2) is 9.97 Å². The molecule has 8 heteroatoms. The lowest BCUT2D eigenvalue weighted by Gasteiger charge is -2.43. The highest BCUT2D eigenvalue weighted by atomic mass is 16.7. The molecule has 176 valence electrons. The third kappa shape index (κ3) is 3.97. The van der Waals surface area contributed by atoms with Crippen LogP contribution in [0.3, 0.4) is 0 Å². The van der Waals surface area contributed by atoms with Gasteiger partial charge in [-0.2, -0.15) is 5.10 Å². The molecule has 2 saturated heterocycles. The first-order chi connectivity index (χ1) is 16.7. The van der Waals surface area contributed by atoms with E-state index in [0.29, 0.717) is 11.6 Å². The molecule has 0 bridgehead atoms. The highest BCUT2D eigenvalue weighted by molar-refractivity contribution is 5.88. The largest absolute Gasteiger partial charge is 0.467 e. The topological polar surface area (TPSA) is 68.5 Å². The zero-order valence-corrected chi connectivity index (χ0v) is 19.8. The second-order valence-electron chi connectivity index (χ2n) is 9.31. The molecular formula is C26H30N6O2. The zero-order valence-electron chi connectivity index (χ0n) is 19.8. The molecule has 2 aromatic heterocycles. The minimum absolute atomic E-state index is 0.150. The molecule has 6 rings (SSSR count). The van der Waals surface area contributed by atoms with E-state index in [0.717, 1.165) is 46.5 Å². The van der Waals surface area contributed by atoms with Crippen molar-refractivity contribution >= 4 is 27.5 Å². The summed E-state index contributed by atoms with van der Waals surface area (Å²) in [6.07, 6.45) is 7.75. The Morgan fingerprint density at radius 3 is 2.62 bits per heavy atom. The number of ether oxygens (including phenoxy) is 2. The van der Waals surface area contributed by atoms with Crippen molar-refractivity contribution in [3.05, 3.63) is 42.7 Å². The molecule has 0 atom stereocenters. The fourth-order valence-corrected chi connectivity index (χ4v) is 5.13. The van der Waals surface area contributed by atoms with E-state index in [1.165, 1.54) is 38.0 Å². The van der Waals surface area contributed by atoms with Crippen LogP contribution in [0.4, 0.5) is 5.69 Å². The molecule has 2 aliphatic rings. The number of nitrogens with zero attached hydrogens (tertiary/aromatic N) is 6. The fourth-order valence-electron chi connectivity index (χ4n) is 5.13. The smallest absolute Gasteiger partial charge is 0.188 e. The van der Waals surface area contributed by atoms with E-state index in [9.17, 15) is 0 Å². The lowest BCUT2D eigenvalue weighted by molar-refractivity contribution is 0.0516. The van der Waals surface area contributed by atoms with Crippen LogP contribution >= 0.6 is 0 Å². The molecule has 34 heavy (non-hydrogen) atoms. The summed E-state index contributed by atoms with van der Waals surface area (Å²) in [7, 11) is 3.52. The molecule has 4 heterocycles. The summed E-state index contributed by atoms with van der Waals surface area (Å²) >= 11 is 0. The van der Waals surface area contributed by atoms with Gasteiger partial charge in [-0.1, -0.05) is 0 Å². The molecule has 0 aliphatic carbocycles. The van der Waals surface area contributed by atoms with E-state index < -0.39 is 0 Å². The summed E-state index contributed by atoms with van der Waals surface area (Å²) in [6.45, 7) is 4.93. The monoisotopic (exact) mass is 458 g/mol. The molecule has 0 saturated carbocycles. The Morgan fingerprint density at radius 2 is 1.85 bits per heavy atom. The number of likely N-dealkylation sites (tertiary alicyclic amines) is 1. The van der Waals surface area contributed by atoms with E-state index in [1.54, 1.807) is 11.8 Å². The van der Waals surface area contributed by atoms with Gasteiger partial charge in [-0.05, 0) is 56.6 Å². The van der Waals surface area contributed by atoms with Crippen molar-refractivity contribution < 1.29 is 9.47 Å². The number of hydrogen-bond donors (Lipinski definition) is 0. The predicted molar refractivity (Wildman–Crippen MR) is 133 cm³/mol. The standard InChI is InChI=1S/C26H30N6O2/c1-30-16-19-13-22(25(34-17-33-2)14-24(19)29-30)26-27-15-18-12-21(4-5-23(18)28-26)32-10-6-20(7-11-32)31-8-3-9-31/h4-5,12-16,20H,3,6-11,17H2,1-2H3. The van der Waals surface area contributed by atoms with E-state index >= 15 is 0 Å². The van der Waals surface area contributed by atoms with Gasteiger partial charge in [0.2, 0.25) is 0 Å². The van der Waals surface area contributed by atoms with E-state index in [-0.39, 0.29) is 6.79 Å². The van der Waals surface area contributed by atoms with Crippen LogP contribution in [0.15, 0.2) is 42.7 Å². The van der Waals surface area contributed by atoms with Crippen molar-refractivity contribution in [3.63, 3.8) is 0 Å². The van der Waals surface area contributed by atoms with Crippen molar-refractivity contribution in [2.75, 3.05) is 45.0 Å². The van der Waals surface area contributed by atoms with Crippen LogP contribution in [0, 0.1) is 0 Å². The van der Waals surface area contributed by atoms with Gasteiger partial charge in [0, 0.05) is 68.2 Å². The first-order valence-corrected chi connectivity index (χ1v) is 12.0. The van der Waals surface area contributed by atoms with Gasteiger partial charge in [0.05, 0.1) is 16.6 Å². The molecule has 0 N–H and O–H groups in total. The average Bonchev–Trinajstić information content (AvgIpc) is 3.19. The lowest BCUT2D eigenvalue weighted by Crippen LogP contribution is -2.50. The number of rotatable bonds is 6. The maximum Gasteiger partial charge on any atom is 0.188 e. The summed E-state index contributed by atoms with van der Waals surface area (Å²) in [5.74, 6) is 1.29. The number of fused-ring (bicyclic) bond motifs is 2. The Bertz CT molecular complexity index is 1320. The molecule has 0 spiro atoms. The second-order valence-corrected chi connectivity index (χ2v) is 9.31. The van der Waals surface area contributed by atoms with Gasteiger partial charge in [0.25, 0.3) is 0 Å². The predicted octanol–water partition coefficient (Wildman–Crippen LogP) is 3.84. The molecule has 2 fully saturated rings. The summed E-state index contributed by atoms with van der Waals surface area (Å²) in [5, 5.41) is 6.56. The molecule has 2 aliphatic heterocycles. The normalized spacial score (nSPS) is 17.4. The Labute approximate surface area is 199 Å². The minimum Gasteiger partial charge on any atom is -0.467 e. The lowest BCUT2D eigenvalue weighted by atomic mass is 9.99. The van der Waals surface area contributed by atoms with Gasteiger partial charge < -0.3 is 19.3 Å². The number of piperidine rings is 1. The number of benzene rings is 2. The average molecular weight is 459 g/mol. The number of hydrogen-bond acceptors (Lipinski definition) is 7. The molecule has 2 aromatic carbocycles. The first-order valence-electron chi connectivity index (χ1n) is 12.0. The SMILES string of the molecule is COCOc1cc2nn(C)cc2cc1-c1ncc2cc(N3CCC(N4CCC4)CC3)ccc2n1. The number of aromatic nitrogens is 4. The molecule has 0 unspecified atom stereocenters. The van der Waals surface area contributed by atoms with Crippen molar-refractivity contribution in [2.24, 2.45) is 7.05 Å². The third-order valence-electron chi connectivity index (χ3n) is 7.09. The quantitative estimate of drug-likeness (QED) is 0.407. The Balaban J connectivity index is 1.28. The third-order valence-corrected chi connectivity index (χ3v) is 7.09. The van der Waals surface area contributed by atoms with Crippen molar-refractivity contribution in [3.8, 4) is 17.1 Å². The van der Waals surface area contributed by atoms with Gasteiger partial charge >= 0.3 is 0 Å². The number of methoxy groups -OCH3 is 1. The summed E-state index contributed by atoms with van der Waals surface area (Å²) in [6, 6.07) is 11.2. The number of aryl methyl sites for hydroxylation is 1.